The summed E-state index contributed by atoms with van der Waals surface area (Å²) < 4.78 is 25.4. The number of nitrogens with two attached hydrogens (primary N) is 1. The SMILES string of the molecule is COc1cccc(OCc2nnc(SCC(=O)N(C)Cc3cccc(F)c3)n2N)c1. The van der Waals surface area contributed by atoms with E-state index >= 15 is 0 Å². The molecule has 2 aromatic carbocycles. The van der Waals surface area contributed by atoms with E-state index in [1.54, 1.807) is 38.4 Å². The predicted octanol–water partition coefficient (Wildman–Crippen LogP) is 2.47. The van der Waals surface area contributed by atoms with Gasteiger partial charge in [-0.3, -0.25) is 4.79 Å². The number of methoxy groups -OCH3 is 1. The summed E-state index contributed by atoms with van der Waals surface area (Å²) in [6, 6.07) is 13.3. The van der Waals surface area contributed by atoms with Crippen LogP contribution in [-0.2, 0) is 17.9 Å². The van der Waals surface area contributed by atoms with Crippen LogP contribution in [-0.4, -0.2) is 45.6 Å². The van der Waals surface area contributed by atoms with E-state index in [2.05, 4.69) is 10.2 Å². The minimum absolute atomic E-state index is 0.116. The Morgan fingerprint density at radius 3 is 2.73 bits per heavy atom. The van der Waals surface area contributed by atoms with E-state index in [0.29, 0.717) is 29.0 Å². The summed E-state index contributed by atoms with van der Waals surface area (Å²) in [7, 11) is 3.24. The number of hydrogen-bond acceptors (Lipinski definition) is 7. The molecule has 0 saturated carbocycles. The van der Waals surface area contributed by atoms with Gasteiger partial charge in [-0.2, -0.15) is 0 Å². The lowest BCUT2D eigenvalue weighted by atomic mass is 10.2. The number of carbonyl (C=O) groups is 1. The third kappa shape index (κ3) is 5.63. The van der Waals surface area contributed by atoms with E-state index < -0.39 is 0 Å². The van der Waals surface area contributed by atoms with Crippen LogP contribution in [0.4, 0.5) is 4.39 Å². The lowest BCUT2D eigenvalue weighted by Gasteiger charge is -2.17. The van der Waals surface area contributed by atoms with Crippen LogP contribution < -0.4 is 15.3 Å². The van der Waals surface area contributed by atoms with E-state index in [4.69, 9.17) is 15.3 Å². The number of ether oxygens (including phenoxy) is 2. The van der Waals surface area contributed by atoms with Gasteiger partial charge in [0.15, 0.2) is 5.82 Å². The zero-order valence-corrected chi connectivity index (χ0v) is 17.4. The highest BCUT2D eigenvalue weighted by molar-refractivity contribution is 7.99. The first-order valence-electron chi connectivity index (χ1n) is 9.03. The topological polar surface area (TPSA) is 95.5 Å². The molecular formula is C20H22FN5O3S. The van der Waals surface area contributed by atoms with Crippen molar-refractivity contribution in [1.29, 1.82) is 0 Å². The molecule has 10 heteroatoms. The largest absolute Gasteiger partial charge is 0.497 e. The Morgan fingerprint density at radius 1 is 1.20 bits per heavy atom. The summed E-state index contributed by atoms with van der Waals surface area (Å²) in [4.78, 5) is 13.9. The van der Waals surface area contributed by atoms with Gasteiger partial charge in [0, 0.05) is 19.7 Å². The van der Waals surface area contributed by atoms with Gasteiger partial charge in [-0.1, -0.05) is 30.0 Å². The summed E-state index contributed by atoms with van der Waals surface area (Å²) >= 11 is 1.17. The highest BCUT2D eigenvalue weighted by atomic mass is 32.2. The Hall–Kier alpha value is -3.27. The Kier molecular flexibility index (Phi) is 7.12. The van der Waals surface area contributed by atoms with Crippen molar-refractivity contribution in [3.63, 3.8) is 0 Å². The quantitative estimate of drug-likeness (QED) is 0.411. The molecule has 0 atom stereocenters. The van der Waals surface area contributed by atoms with Crippen molar-refractivity contribution in [3.05, 3.63) is 65.7 Å². The molecule has 0 spiro atoms. The second kappa shape index (κ2) is 9.97. The number of hydrogen-bond donors (Lipinski definition) is 1. The van der Waals surface area contributed by atoms with Crippen LogP contribution in [0.5, 0.6) is 11.5 Å². The third-order valence-electron chi connectivity index (χ3n) is 4.20. The molecule has 30 heavy (non-hydrogen) atoms. The molecule has 0 radical (unpaired) electrons. The average Bonchev–Trinajstić information content (AvgIpc) is 3.10. The van der Waals surface area contributed by atoms with E-state index in [1.165, 1.54) is 33.5 Å². The van der Waals surface area contributed by atoms with Crippen LogP contribution in [0, 0.1) is 5.82 Å². The molecule has 0 aliphatic heterocycles. The Bertz CT molecular complexity index is 1010. The van der Waals surface area contributed by atoms with Gasteiger partial charge in [0.2, 0.25) is 11.1 Å². The van der Waals surface area contributed by atoms with Gasteiger partial charge in [-0.15, -0.1) is 10.2 Å². The molecule has 0 aliphatic carbocycles. The van der Waals surface area contributed by atoms with Crippen molar-refractivity contribution in [2.24, 2.45) is 0 Å². The molecule has 0 bridgehead atoms. The fraction of sp³-hybridized carbons (Fsp3) is 0.250. The number of amides is 1. The molecule has 8 nitrogen and oxygen atoms in total. The molecule has 2 N–H and O–H groups in total. The van der Waals surface area contributed by atoms with Crippen molar-refractivity contribution >= 4 is 17.7 Å². The minimum atomic E-state index is -0.331. The number of thioether (sulfide) groups is 1. The van der Waals surface area contributed by atoms with Gasteiger partial charge in [-0.25, -0.2) is 9.07 Å². The van der Waals surface area contributed by atoms with E-state index in [-0.39, 0.29) is 24.1 Å². The first-order valence-corrected chi connectivity index (χ1v) is 10.0. The van der Waals surface area contributed by atoms with Gasteiger partial charge in [0.1, 0.15) is 23.9 Å². The fourth-order valence-electron chi connectivity index (χ4n) is 2.58. The van der Waals surface area contributed by atoms with Gasteiger partial charge in [-0.05, 0) is 29.8 Å². The molecule has 1 amide bonds. The molecule has 0 unspecified atom stereocenters. The average molecular weight is 431 g/mol. The lowest BCUT2D eigenvalue weighted by molar-refractivity contribution is -0.127. The normalized spacial score (nSPS) is 10.6. The van der Waals surface area contributed by atoms with Gasteiger partial charge in [0.05, 0.1) is 12.9 Å². The van der Waals surface area contributed by atoms with E-state index in [1.807, 2.05) is 12.1 Å². The number of benzene rings is 2. The van der Waals surface area contributed by atoms with Crippen molar-refractivity contribution < 1.29 is 18.7 Å². The summed E-state index contributed by atoms with van der Waals surface area (Å²) in [5.41, 5.74) is 0.717. The van der Waals surface area contributed by atoms with Crippen LogP contribution in [0.3, 0.4) is 0 Å². The van der Waals surface area contributed by atoms with E-state index in [0.717, 1.165) is 5.56 Å². The molecule has 158 valence electrons. The maximum absolute atomic E-state index is 13.3. The highest BCUT2D eigenvalue weighted by Crippen LogP contribution is 2.21. The first kappa shape index (κ1) is 21.4. The number of rotatable bonds is 9. The van der Waals surface area contributed by atoms with Crippen LogP contribution in [0.2, 0.25) is 0 Å². The zero-order chi connectivity index (χ0) is 21.5. The van der Waals surface area contributed by atoms with Gasteiger partial charge < -0.3 is 20.2 Å². The molecule has 0 fully saturated rings. The maximum atomic E-state index is 13.3. The van der Waals surface area contributed by atoms with Crippen molar-refractivity contribution in [2.45, 2.75) is 18.3 Å². The maximum Gasteiger partial charge on any atom is 0.233 e. The standard InChI is InChI=1S/C20H22FN5O3S/c1-25(11-14-5-3-6-15(21)9-14)19(27)13-30-20-24-23-18(26(20)22)12-29-17-8-4-7-16(10-17)28-2/h3-10H,11-13,22H2,1-2H3. The fourth-order valence-corrected chi connectivity index (χ4v) is 3.39. The number of halogens is 1. The van der Waals surface area contributed by atoms with Gasteiger partial charge in [0.25, 0.3) is 0 Å². The third-order valence-corrected chi connectivity index (χ3v) is 5.13. The Morgan fingerprint density at radius 2 is 1.97 bits per heavy atom. The lowest BCUT2D eigenvalue weighted by Crippen LogP contribution is -2.28. The van der Waals surface area contributed by atoms with Crippen molar-refractivity contribution in [3.8, 4) is 11.5 Å². The highest BCUT2D eigenvalue weighted by Gasteiger charge is 2.15. The number of nitrogens with zero attached hydrogens (tertiary/aromatic N) is 4. The summed E-state index contributed by atoms with van der Waals surface area (Å²) in [6.07, 6.45) is 0. The molecule has 3 aromatic rings. The monoisotopic (exact) mass is 431 g/mol. The summed E-state index contributed by atoms with van der Waals surface area (Å²) in [6.45, 7) is 0.427. The number of aromatic nitrogens is 3. The van der Waals surface area contributed by atoms with Gasteiger partial charge >= 0.3 is 0 Å². The first-order chi connectivity index (χ1) is 14.5. The molecule has 0 saturated heterocycles. The second-order valence-electron chi connectivity index (χ2n) is 6.40. The van der Waals surface area contributed by atoms with Crippen LogP contribution in [0.1, 0.15) is 11.4 Å². The Labute approximate surface area is 177 Å². The molecule has 0 aliphatic rings. The van der Waals surface area contributed by atoms with E-state index in [9.17, 15) is 9.18 Å². The predicted molar refractivity (Wildman–Crippen MR) is 111 cm³/mol. The van der Waals surface area contributed by atoms with Crippen LogP contribution in [0.15, 0.2) is 53.7 Å². The minimum Gasteiger partial charge on any atom is -0.497 e. The Balaban J connectivity index is 1.52. The van der Waals surface area contributed by atoms with Crippen LogP contribution >= 0.6 is 11.8 Å². The molecule has 1 heterocycles. The number of carbonyl (C=O) groups excluding carboxylic acids is 1. The molecular weight excluding hydrogens is 409 g/mol. The molecule has 1 aromatic heterocycles. The second-order valence-corrected chi connectivity index (χ2v) is 7.35. The summed E-state index contributed by atoms with van der Waals surface area (Å²) in [5.74, 6) is 7.39. The van der Waals surface area contributed by atoms with Crippen molar-refractivity contribution in [2.75, 3.05) is 25.8 Å². The molecule has 3 rings (SSSR count). The number of nitrogen functional groups attached to an aromatic ring is 1. The smallest absolute Gasteiger partial charge is 0.233 e. The zero-order valence-electron chi connectivity index (χ0n) is 16.6. The van der Waals surface area contributed by atoms with Crippen LogP contribution in [0.25, 0.3) is 0 Å². The van der Waals surface area contributed by atoms with Crippen molar-refractivity contribution in [1.82, 2.24) is 19.8 Å². The summed E-state index contributed by atoms with van der Waals surface area (Å²) in [5, 5.41) is 8.43.